The number of aromatic nitrogens is 1. The first kappa shape index (κ1) is 12.6. The van der Waals surface area contributed by atoms with Gasteiger partial charge in [0.1, 0.15) is 5.69 Å². The van der Waals surface area contributed by atoms with E-state index in [0.717, 1.165) is 12.1 Å². The fourth-order valence-electron chi connectivity index (χ4n) is 1.58. The molecule has 0 fully saturated rings. The molecule has 0 aliphatic heterocycles. The molecule has 0 aromatic carbocycles. The Morgan fingerprint density at radius 2 is 2.25 bits per heavy atom. The first-order valence-corrected chi connectivity index (χ1v) is 5.33. The molecule has 16 heavy (non-hydrogen) atoms. The highest BCUT2D eigenvalue weighted by atomic mass is 16.6. The van der Waals surface area contributed by atoms with Gasteiger partial charge in [0.15, 0.2) is 0 Å². The maximum atomic E-state index is 10.8. The van der Waals surface area contributed by atoms with Gasteiger partial charge in [-0.15, -0.1) is 0 Å². The Kier molecular flexibility index (Phi) is 4.37. The van der Waals surface area contributed by atoms with Crippen LogP contribution in [0, 0.1) is 17.0 Å². The van der Waals surface area contributed by atoms with Crippen molar-refractivity contribution in [2.75, 3.05) is 0 Å². The minimum atomic E-state index is -0.557. The molecule has 0 bridgehead atoms. The second-order valence-electron chi connectivity index (χ2n) is 3.82. The van der Waals surface area contributed by atoms with E-state index in [0.29, 0.717) is 12.1 Å². The smallest absolute Gasteiger partial charge is 0.290 e. The first-order valence-electron chi connectivity index (χ1n) is 5.33. The molecule has 88 valence electrons. The molecule has 1 rings (SSSR count). The highest BCUT2D eigenvalue weighted by molar-refractivity contribution is 5.36. The number of aliphatic hydroxyl groups is 1. The van der Waals surface area contributed by atoms with Gasteiger partial charge in [0.05, 0.1) is 11.0 Å². The Morgan fingerprint density at radius 3 is 2.81 bits per heavy atom. The van der Waals surface area contributed by atoms with Gasteiger partial charge in [0.2, 0.25) is 0 Å². The van der Waals surface area contributed by atoms with Gasteiger partial charge in [0, 0.05) is 18.2 Å². The van der Waals surface area contributed by atoms with E-state index in [-0.39, 0.29) is 12.1 Å². The molecule has 0 amide bonds. The van der Waals surface area contributed by atoms with Crippen molar-refractivity contribution >= 4 is 5.69 Å². The summed E-state index contributed by atoms with van der Waals surface area (Å²) in [6.45, 7) is 3.74. The number of aryl methyl sites for hydroxylation is 1. The molecule has 5 nitrogen and oxygen atoms in total. The molecule has 0 spiro atoms. The van der Waals surface area contributed by atoms with Gasteiger partial charge in [-0.1, -0.05) is 13.3 Å². The lowest BCUT2D eigenvalue weighted by atomic mass is 10.1. The summed E-state index contributed by atoms with van der Waals surface area (Å²) in [4.78, 5) is 14.4. The molecule has 0 radical (unpaired) electrons. The number of nitro groups is 1. The van der Waals surface area contributed by atoms with Crippen LogP contribution < -0.4 is 0 Å². The minimum absolute atomic E-state index is 0.0132. The Labute approximate surface area is 94.3 Å². The topological polar surface area (TPSA) is 76.3 Å². The fourth-order valence-corrected chi connectivity index (χ4v) is 1.58. The van der Waals surface area contributed by atoms with Crippen molar-refractivity contribution in [1.29, 1.82) is 0 Å². The van der Waals surface area contributed by atoms with E-state index in [2.05, 4.69) is 4.98 Å². The third-order valence-corrected chi connectivity index (χ3v) is 2.34. The predicted molar refractivity (Wildman–Crippen MR) is 60.2 cm³/mol. The standard InChI is InChI=1S/C11H16N2O3/c1-3-4-9(14)7-10-11(13(15)16)6-5-8(2)12-10/h5-6,9,14H,3-4,7H2,1-2H3. The van der Waals surface area contributed by atoms with Crippen molar-refractivity contribution in [3.8, 4) is 0 Å². The number of aliphatic hydroxyl groups excluding tert-OH is 1. The van der Waals surface area contributed by atoms with E-state index in [9.17, 15) is 15.2 Å². The lowest BCUT2D eigenvalue weighted by Crippen LogP contribution is -2.13. The lowest BCUT2D eigenvalue weighted by molar-refractivity contribution is -0.386. The summed E-state index contributed by atoms with van der Waals surface area (Å²) in [5.74, 6) is 0. The SMILES string of the molecule is CCCC(O)Cc1nc(C)ccc1[N+](=O)[O-]. The van der Waals surface area contributed by atoms with Gasteiger partial charge in [-0.05, 0) is 19.4 Å². The fraction of sp³-hybridized carbons (Fsp3) is 0.545. The largest absolute Gasteiger partial charge is 0.393 e. The number of pyridine rings is 1. The molecule has 5 heteroatoms. The van der Waals surface area contributed by atoms with Gasteiger partial charge in [0.25, 0.3) is 5.69 Å². The summed E-state index contributed by atoms with van der Waals surface area (Å²) in [6.07, 6.45) is 1.16. The average Bonchev–Trinajstić information content (AvgIpc) is 2.17. The van der Waals surface area contributed by atoms with E-state index in [1.165, 1.54) is 6.07 Å². The summed E-state index contributed by atoms with van der Waals surface area (Å²) in [5, 5.41) is 20.4. The van der Waals surface area contributed by atoms with Crippen molar-refractivity contribution in [3.63, 3.8) is 0 Å². The number of hydrogen-bond donors (Lipinski definition) is 1. The van der Waals surface area contributed by atoms with Gasteiger partial charge in [-0.3, -0.25) is 15.1 Å². The van der Waals surface area contributed by atoms with Crippen LogP contribution in [0.2, 0.25) is 0 Å². The molecular weight excluding hydrogens is 208 g/mol. The van der Waals surface area contributed by atoms with Crippen molar-refractivity contribution < 1.29 is 10.0 Å². The third-order valence-electron chi connectivity index (χ3n) is 2.34. The van der Waals surface area contributed by atoms with Crippen LogP contribution in [0.5, 0.6) is 0 Å². The van der Waals surface area contributed by atoms with E-state index >= 15 is 0 Å². The Morgan fingerprint density at radius 1 is 1.56 bits per heavy atom. The molecule has 1 unspecified atom stereocenters. The molecule has 1 heterocycles. The molecule has 1 aromatic rings. The van der Waals surface area contributed by atoms with E-state index in [4.69, 9.17) is 0 Å². The Balaban J connectivity index is 2.92. The quantitative estimate of drug-likeness (QED) is 0.613. The highest BCUT2D eigenvalue weighted by Crippen LogP contribution is 2.19. The lowest BCUT2D eigenvalue weighted by Gasteiger charge is -2.09. The molecule has 1 N–H and O–H groups in total. The van der Waals surface area contributed by atoms with Gasteiger partial charge in [-0.25, -0.2) is 0 Å². The second kappa shape index (κ2) is 5.55. The Bertz CT molecular complexity index is 379. The molecule has 0 aliphatic carbocycles. The zero-order valence-corrected chi connectivity index (χ0v) is 9.51. The molecule has 0 saturated heterocycles. The van der Waals surface area contributed by atoms with E-state index < -0.39 is 11.0 Å². The van der Waals surface area contributed by atoms with Crippen molar-refractivity contribution in [2.45, 2.75) is 39.2 Å². The number of rotatable bonds is 5. The van der Waals surface area contributed by atoms with Crippen LogP contribution in [0.1, 0.15) is 31.2 Å². The molecule has 0 aliphatic rings. The summed E-state index contributed by atoms with van der Waals surface area (Å²) in [5.41, 5.74) is 1.08. The van der Waals surface area contributed by atoms with Crippen molar-refractivity contribution in [1.82, 2.24) is 4.98 Å². The predicted octanol–water partition coefficient (Wildman–Crippen LogP) is 2.00. The van der Waals surface area contributed by atoms with E-state index in [1.807, 2.05) is 6.92 Å². The summed E-state index contributed by atoms with van der Waals surface area (Å²) in [7, 11) is 0. The maximum absolute atomic E-state index is 10.8. The van der Waals surface area contributed by atoms with Crippen LogP contribution in [0.4, 0.5) is 5.69 Å². The van der Waals surface area contributed by atoms with Crippen molar-refractivity contribution in [2.24, 2.45) is 0 Å². The van der Waals surface area contributed by atoms with Crippen molar-refractivity contribution in [3.05, 3.63) is 33.6 Å². The zero-order chi connectivity index (χ0) is 12.1. The summed E-state index contributed by atoms with van der Waals surface area (Å²) >= 11 is 0. The highest BCUT2D eigenvalue weighted by Gasteiger charge is 2.17. The molecule has 0 saturated carbocycles. The maximum Gasteiger partial charge on any atom is 0.290 e. The van der Waals surface area contributed by atoms with Crippen LogP contribution >= 0.6 is 0 Å². The molecule has 1 atom stereocenters. The van der Waals surface area contributed by atoms with Crippen LogP contribution in [-0.4, -0.2) is 21.1 Å². The minimum Gasteiger partial charge on any atom is -0.393 e. The van der Waals surface area contributed by atoms with Gasteiger partial charge in [-0.2, -0.15) is 0 Å². The molecule has 1 aromatic heterocycles. The first-order chi connectivity index (χ1) is 7.54. The van der Waals surface area contributed by atoms with Gasteiger partial charge >= 0.3 is 0 Å². The number of nitrogens with zero attached hydrogens (tertiary/aromatic N) is 2. The van der Waals surface area contributed by atoms with Crippen LogP contribution in [0.25, 0.3) is 0 Å². The zero-order valence-electron chi connectivity index (χ0n) is 9.51. The molecular formula is C11H16N2O3. The van der Waals surface area contributed by atoms with Crippen LogP contribution in [0.3, 0.4) is 0 Å². The average molecular weight is 224 g/mol. The van der Waals surface area contributed by atoms with Crippen LogP contribution in [-0.2, 0) is 6.42 Å². The summed E-state index contributed by atoms with van der Waals surface area (Å²) in [6, 6.07) is 3.05. The third kappa shape index (κ3) is 3.27. The number of hydrogen-bond acceptors (Lipinski definition) is 4. The van der Waals surface area contributed by atoms with E-state index in [1.54, 1.807) is 13.0 Å². The van der Waals surface area contributed by atoms with Crippen LogP contribution in [0.15, 0.2) is 12.1 Å². The van der Waals surface area contributed by atoms with Gasteiger partial charge < -0.3 is 5.11 Å². The second-order valence-corrected chi connectivity index (χ2v) is 3.82. The Hall–Kier alpha value is -1.49. The summed E-state index contributed by atoms with van der Waals surface area (Å²) < 4.78 is 0. The normalized spacial score (nSPS) is 12.4. The monoisotopic (exact) mass is 224 g/mol.